The van der Waals surface area contributed by atoms with Gasteiger partial charge in [-0.2, -0.15) is 0 Å². The van der Waals surface area contributed by atoms with Crippen LogP contribution in [0.25, 0.3) is 22.3 Å². The van der Waals surface area contributed by atoms with Crippen molar-refractivity contribution in [1.29, 1.82) is 0 Å². The summed E-state index contributed by atoms with van der Waals surface area (Å²) in [5, 5.41) is 7.77. The van der Waals surface area contributed by atoms with Gasteiger partial charge >= 0.3 is 0 Å². The molecule has 0 spiro atoms. The van der Waals surface area contributed by atoms with Crippen molar-refractivity contribution >= 4 is 16.9 Å². The quantitative estimate of drug-likeness (QED) is 0.312. The Kier molecular flexibility index (Phi) is 5.41. The second kappa shape index (κ2) is 9.00. The van der Waals surface area contributed by atoms with E-state index < -0.39 is 0 Å². The molecule has 2 aromatic carbocycles. The summed E-state index contributed by atoms with van der Waals surface area (Å²) in [6.45, 7) is 2.62. The van der Waals surface area contributed by atoms with Gasteiger partial charge in [-0.15, -0.1) is 0 Å². The third-order valence-electron chi connectivity index (χ3n) is 6.17. The number of H-pyrrole nitrogens is 1. The highest BCUT2D eigenvalue weighted by Crippen LogP contribution is 2.36. The number of ether oxygens (including phenoxy) is 1. The lowest BCUT2D eigenvalue weighted by atomic mass is 10.0. The summed E-state index contributed by atoms with van der Waals surface area (Å²) in [5.41, 5.74) is 6.48. The second-order valence-electron chi connectivity index (χ2n) is 8.44. The Labute approximate surface area is 198 Å². The Bertz CT molecular complexity index is 1440. The summed E-state index contributed by atoms with van der Waals surface area (Å²) in [5.74, 6) is 2.41. The highest BCUT2D eigenvalue weighted by Gasteiger charge is 2.16. The summed E-state index contributed by atoms with van der Waals surface area (Å²) in [6, 6.07) is 24.6. The number of aromatic amines is 1. The van der Waals surface area contributed by atoms with Crippen LogP contribution in [0.4, 0.5) is 5.82 Å². The minimum atomic E-state index is 0.717. The molecule has 34 heavy (non-hydrogen) atoms. The average Bonchev–Trinajstić information content (AvgIpc) is 3.34. The Balaban J connectivity index is 1.31. The molecule has 1 aliphatic heterocycles. The van der Waals surface area contributed by atoms with Crippen LogP contribution in [0.15, 0.2) is 85.2 Å². The van der Waals surface area contributed by atoms with E-state index in [9.17, 15) is 0 Å². The van der Waals surface area contributed by atoms with Gasteiger partial charge in [-0.25, -0.2) is 9.97 Å². The Morgan fingerprint density at radius 2 is 1.88 bits per heavy atom. The molecule has 168 valence electrons. The predicted octanol–water partition coefficient (Wildman–Crippen LogP) is 5.68. The van der Waals surface area contributed by atoms with Crippen molar-refractivity contribution in [2.45, 2.75) is 19.5 Å². The monoisotopic (exact) mass is 447 g/mol. The van der Waals surface area contributed by atoms with Crippen molar-refractivity contribution < 1.29 is 4.74 Å². The smallest absolute Gasteiger partial charge is 0.141 e. The zero-order valence-electron chi connectivity index (χ0n) is 18.7. The standard InChI is InChI=1S/C28H25N5O/c1-2-5-19(6-3-1)16-31-26-8-4-7-24(33-26)23-18-32-28-27(23)25(12-14-30-28)34-22-10-9-20-11-13-29-17-21(20)15-22/h1-10,12,14-15,18,29H,11,13,16-17H2,(H,30,32)(H,31,33). The number of rotatable bonds is 6. The van der Waals surface area contributed by atoms with Crippen molar-refractivity contribution in [2.24, 2.45) is 0 Å². The van der Waals surface area contributed by atoms with Gasteiger partial charge in [0.2, 0.25) is 0 Å². The number of nitrogens with zero attached hydrogens (tertiary/aromatic N) is 2. The van der Waals surface area contributed by atoms with Gasteiger partial charge in [-0.05, 0) is 60.0 Å². The number of anilines is 1. The van der Waals surface area contributed by atoms with Crippen LogP contribution in [0.3, 0.4) is 0 Å². The lowest BCUT2D eigenvalue weighted by molar-refractivity contribution is 0.485. The average molecular weight is 448 g/mol. The van der Waals surface area contributed by atoms with Crippen molar-refractivity contribution in [2.75, 3.05) is 11.9 Å². The zero-order valence-corrected chi connectivity index (χ0v) is 18.7. The molecule has 0 radical (unpaired) electrons. The zero-order chi connectivity index (χ0) is 22.7. The highest BCUT2D eigenvalue weighted by molar-refractivity contribution is 5.97. The minimum absolute atomic E-state index is 0.717. The van der Waals surface area contributed by atoms with Gasteiger partial charge in [0.25, 0.3) is 0 Å². The van der Waals surface area contributed by atoms with Gasteiger partial charge in [0.05, 0.1) is 11.1 Å². The third-order valence-corrected chi connectivity index (χ3v) is 6.17. The van der Waals surface area contributed by atoms with Crippen LogP contribution in [0, 0.1) is 0 Å². The third kappa shape index (κ3) is 4.11. The molecule has 0 aliphatic carbocycles. The fraction of sp³-hybridized carbons (Fsp3) is 0.143. The molecule has 6 heteroatoms. The first-order valence-electron chi connectivity index (χ1n) is 11.6. The first-order chi connectivity index (χ1) is 16.8. The minimum Gasteiger partial charge on any atom is -0.457 e. The molecule has 5 aromatic rings. The fourth-order valence-electron chi connectivity index (χ4n) is 4.43. The van der Waals surface area contributed by atoms with Crippen LogP contribution in [-0.2, 0) is 19.5 Å². The van der Waals surface area contributed by atoms with Crippen LogP contribution in [0.1, 0.15) is 16.7 Å². The van der Waals surface area contributed by atoms with Gasteiger partial charge in [0.15, 0.2) is 0 Å². The topological polar surface area (TPSA) is 74.9 Å². The molecule has 0 unspecified atom stereocenters. The fourth-order valence-corrected chi connectivity index (χ4v) is 4.43. The molecule has 0 saturated carbocycles. The summed E-state index contributed by atoms with van der Waals surface area (Å²) in [4.78, 5) is 12.7. The summed E-state index contributed by atoms with van der Waals surface area (Å²) in [6.07, 6.45) is 4.77. The molecule has 0 saturated heterocycles. The molecular weight excluding hydrogens is 422 g/mol. The van der Waals surface area contributed by atoms with Crippen LogP contribution in [0.2, 0.25) is 0 Å². The molecule has 6 nitrogen and oxygen atoms in total. The second-order valence-corrected chi connectivity index (χ2v) is 8.44. The maximum atomic E-state index is 6.38. The molecule has 0 bridgehead atoms. The molecule has 3 aromatic heterocycles. The molecular formula is C28H25N5O. The number of fused-ring (bicyclic) bond motifs is 2. The van der Waals surface area contributed by atoms with Crippen LogP contribution >= 0.6 is 0 Å². The van der Waals surface area contributed by atoms with Gasteiger partial charge in [-0.3, -0.25) is 0 Å². The van der Waals surface area contributed by atoms with E-state index >= 15 is 0 Å². The van der Waals surface area contributed by atoms with E-state index in [4.69, 9.17) is 9.72 Å². The molecule has 6 rings (SSSR count). The number of hydrogen-bond acceptors (Lipinski definition) is 5. The summed E-state index contributed by atoms with van der Waals surface area (Å²) in [7, 11) is 0. The number of nitrogens with one attached hydrogen (secondary N) is 3. The lowest BCUT2D eigenvalue weighted by Gasteiger charge is -2.18. The number of hydrogen-bond donors (Lipinski definition) is 3. The van der Waals surface area contributed by atoms with E-state index in [1.807, 2.05) is 48.7 Å². The van der Waals surface area contributed by atoms with E-state index in [0.29, 0.717) is 6.54 Å². The number of aromatic nitrogens is 3. The molecule has 3 N–H and O–H groups in total. The number of pyridine rings is 2. The van der Waals surface area contributed by atoms with Gasteiger partial charge in [-0.1, -0.05) is 42.5 Å². The normalized spacial score (nSPS) is 12.9. The lowest BCUT2D eigenvalue weighted by Crippen LogP contribution is -2.23. The van der Waals surface area contributed by atoms with Crippen LogP contribution in [0.5, 0.6) is 11.5 Å². The van der Waals surface area contributed by atoms with E-state index in [-0.39, 0.29) is 0 Å². The Morgan fingerprint density at radius 3 is 2.82 bits per heavy atom. The van der Waals surface area contributed by atoms with Gasteiger partial charge in [0.1, 0.15) is 23.0 Å². The number of benzene rings is 2. The molecule has 1 aliphatic rings. The highest BCUT2D eigenvalue weighted by atomic mass is 16.5. The van der Waals surface area contributed by atoms with Crippen LogP contribution in [-0.4, -0.2) is 21.5 Å². The summed E-state index contributed by atoms with van der Waals surface area (Å²) >= 11 is 0. The SMILES string of the molecule is c1ccc(CNc2cccc(-c3c[nH]c4nccc(Oc5ccc6c(c5)CNCC6)c34)n2)cc1. The van der Waals surface area contributed by atoms with E-state index in [0.717, 1.165) is 59.1 Å². The first-order valence-corrected chi connectivity index (χ1v) is 11.6. The van der Waals surface area contributed by atoms with Gasteiger partial charge in [0, 0.05) is 31.0 Å². The maximum absolute atomic E-state index is 6.38. The Hall–Kier alpha value is -4.16. The van der Waals surface area contributed by atoms with E-state index in [1.54, 1.807) is 6.20 Å². The Morgan fingerprint density at radius 1 is 0.941 bits per heavy atom. The van der Waals surface area contributed by atoms with Crippen molar-refractivity contribution in [1.82, 2.24) is 20.3 Å². The largest absolute Gasteiger partial charge is 0.457 e. The summed E-state index contributed by atoms with van der Waals surface area (Å²) < 4.78 is 6.38. The van der Waals surface area contributed by atoms with E-state index in [2.05, 4.69) is 50.9 Å². The van der Waals surface area contributed by atoms with Crippen molar-refractivity contribution in [3.8, 4) is 22.8 Å². The van der Waals surface area contributed by atoms with E-state index in [1.165, 1.54) is 16.7 Å². The maximum Gasteiger partial charge on any atom is 0.141 e. The molecule has 0 atom stereocenters. The molecule has 0 fully saturated rings. The van der Waals surface area contributed by atoms with Crippen molar-refractivity contribution in [3.63, 3.8) is 0 Å². The first kappa shape index (κ1) is 20.4. The molecule has 0 amide bonds. The molecule has 4 heterocycles. The van der Waals surface area contributed by atoms with Gasteiger partial charge < -0.3 is 20.4 Å². The predicted molar refractivity (Wildman–Crippen MR) is 135 cm³/mol. The van der Waals surface area contributed by atoms with Crippen LogP contribution < -0.4 is 15.4 Å². The van der Waals surface area contributed by atoms with Crippen molar-refractivity contribution in [3.05, 3.63) is 102 Å².